The molecule has 1 N–H and O–H groups in total. The molecular weight excluding hydrogens is 384 g/mol. The number of thiophene rings is 1. The van der Waals surface area contributed by atoms with E-state index in [-0.39, 0.29) is 5.56 Å². The molecule has 2 heterocycles. The average Bonchev–Trinajstić information content (AvgIpc) is 3.00. The monoisotopic (exact) mass is 396 g/mol. The number of benzene rings is 2. The summed E-state index contributed by atoms with van der Waals surface area (Å²) in [6.07, 6.45) is 0. The van der Waals surface area contributed by atoms with Gasteiger partial charge in [-0.1, -0.05) is 52.3 Å². The Bertz CT molecular complexity index is 1100. The summed E-state index contributed by atoms with van der Waals surface area (Å²) >= 11 is 4.94. The van der Waals surface area contributed by atoms with Crippen molar-refractivity contribution in [2.24, 2.45) is 0 Å². The van der Waals surface area contributed by atoms with E-state index in [1.807, 2.05) is 60.8 Å². The van der Waals surface area contributed by atoms with E-state index in [9.17, 15) is 4.79 Å². The number of nitrogens with zero attached hydrogens (tertiary/aromatic N) is 1. The molecule has 0 spiro atoms. The molecule has 0 fully saturated rings. The normalized spacial score (nSPS) is 11.1. The molecule has 0 radical (unpaired) electrons. The molecule has 0 saturated heterocycles. The predicted molar refractivity (Wildman–Crippen MR) is 104 cm³/mol. The molecule has 5 heteroatoms. The van der Waals surface area contributed by atoms with Crippen molar-refractivity contribution in [3.63, 3.8) is 0 Å². The summed E-state index contributed by atoms with van der Waals surface area (Å²) in [6.45, 7) is 2.02. The van der Waals surface area contributed by atoms with Crippen LogP contribution < -0.4 is 5.56 Å². The van der Waals surface area contributed by atoms with Gasteiger partial charge in [0, 0.05) is 21.0 Å². The summed E-state index contributed by atoms with van der Waals surface area (Å²) in [5.41, 5.74) is 3.88. The number of aryl methyl sites for hydroxylation is 1. The van der Waals surface area contributed by atoms with Gasteiger partial charge in [0.1, 0.15) is 10.7 Å². The molecule has 24 heavy (non-hydrogen) atoms. The Hall–Kier alpha value is -2.24. The maximum absolute atomic E-state index is 12.7. The minimum atomic E-state index is -0.0996. The lowest BCUT2D eigenvalue weighted by Gasteiger charge is -2.05. The first-order valence-corrected chi connectivity index (χ1v) is 9.14. The quantitative estimate of drug-likeness (QED) is 0.493. The van der Waals surface area contributed by atoms with E-state index in [1.54, 1.807) is 0 Å². The maximum Gasteiger partial charge on any atom is 0.260 e. The third kappa shape index (κ3) is 2.60. The number of hydrogen-bond donors (Lipinski definition) is 1. The summed E-state index contributed by atoms with van der Waals surface area (Å²) in [5, 5.41) is 2.65. The van der Waals surface area contributed by atoms with Gasteiger partial charge in [-0.3, -0.25) is 4.79 Å². The van der Waals surface area contributed by atoms with Crippen molar-refractivity contribution in [3.05, 3.63) is 74.3 Å². The number of hydrogen-bond acceptors (Lipinski definition) is 3. The summed E-state index contributed by atoms with van der Waals surface area (Å²) in [5.74, 6) is 0.620. The van der Waals surface area contributed by atoms with Crippen LogP contribution in [0.5, 0.6) is 0 Å². The van der Waals surface area contributed by atoms with Crippen molar-refractivity contribution in [1.29, 1.82) is 0 Å². The Balaban J connectivity index is 1.92. The molecule has 4 aromatic rings. The highest BCUT2D eigenvalue weighted by Gasteiger charge is 2.14. The van der Waals surface area contributed by atoms with Crippen molar-refractivity contribution in [2.45, 2.75) is 6.92 Å². The number of rotatable bonds is 2. The minimum Gasteiger partial charge on any atom is -0.306 e. The van der Waals surface area contributed by atoms with Gasteiger partial charge in [0.15, 0.2) is 0 Å². The Morgan fingerprint density at radius 3 is 2.54 bits per heavy atom. The van der Waals surface area contributed by atoms with Gasteiger partial charge in [-0.15, -0.1) is 11.3 Å². The van der Waals surface area contributed by atoms with E-state index in [1.165, 1.54) is 11.3 Å². The van der Waals surface area contributed by atoms with Crippen LogP contribution in [0.4, 0.5) is 0 Å². The van der Waals surface area contributed by atoms with Crippen LogP contribution in [0.25, 0.3) is 32.7 Å². The van der Waals surface area contributed by atoms with Crippen LogP contribution in [0.2, 0.25) is 0 Å². The van der Waals surface area contributed by atoms with Crippen LogP contribution in [-0.2, 0) is 0 Å². The molecule has 0 aliphatic heterocycles. The van der Waals surface area contributed by atoms with Crippen LogP contribution in [0.15, 0.2) is 63.2 Å². The number of nitrogens with one attached hydrogen (secondary N) is 1. The standard InChI is InChI=1S/C19H13BrN2OS/c1-11-4-2-3-5-14(11)17-21-18(23)16-15(10-24-19(16)22-17)12-6-8-13(20)9-7-12/h2-10H,1H3,(H,21,22,23). The lowest BCUT2D eigenvalue weighted by molar-refractivity contribution is 1.18. The van der Waals surface area contributed by atoms with E-state index in [4.69, 9.17) is 0 Å². The van der Waals surface area contributed by atoms with Gasteiger partial charge < -0.3 is 4.98 Å². The number of aromatic amines is 1. The van der Waals surface area contributed by atoms with E-state index in [0.29, 0.717) is 11.2 Å². The molecule has 2 aromatic heterocycles. The van der Waals surface area contributed by atoms with Crippen molar-refractivity contribution in [1.82, 2.24) is 9.97 Å². The molecule has 0 unspecified atom stereocenters. The minimum absolute atomic E-state index is 0.0996. The Kier molecular flexibility index (Phi) is 3.82. The highest BCUT2D eigenvalue weighted by molar-refractivity contribution is 9.10. The van der Waals surface area contributed by atoms with Crippen LogP contribution in [0.3, 0.4) is 0 Å². The Morgan fingerprint density at radius 1 is 1.04 bits per heavy atom. The summed E-state index contributed by atoms with van der Waals surface area (Å²) in [4.78, 5) is 21.1. The fourth-order valence-electron chi connectivity index (χ4n) is 2.76. The van der Waals surface area contributed by atoms with Crippen LogP contribution >= 0.6 is 27.3 Å². The third-order valence-corrected chi connectivity index (χ3v) is 5.40. The first-order valence-electron chi connectivity index (χ1n) is 7.47. The second-order valence-electron chi connectivity index (χ2n) is 5.57. The van der Waals surface area contributed by atoms with Gasteiger partial charge in [0.25, 0.3) is 5.56 Å². The summed E-state index contributed by atoms with van der Waals surface area (Å²) in [6, 6.07) is 15.9. The van der Waals surface area contributed by atoms with Crippen molar-refractivity contribution < 1.29 is 0 Å². The first-order chi connectivity index (χ1) is 11.6. The zero-order valence-electron chi connectivity index (χ0n) is 12.8. The average molecular weight is 397 g/mol. The largest absolute Gasteiger partial charge is 0.306 e. The molecule has 0 amide bonds. The number of aromatic nitrogens is 2. The SMILES string of the molecule is Cc1ccccc1-c1nc2scc(-c3ccc(Br)cc3)c2c(=O)[nH]1. The molecule has 3 nitrogen and oxygen atoms in total. The van der Waals surface area contributed by atoms with Gasteiger partial charge in [-0.2, -0.15) is 0 Å². The lowest BCUT2D eigenvalue weighted by Crippen LogP contribution is -2.09. The van der Waals surface area contributed by atoms with Crippen LogP contribution in [-0.4, -0.2) is 9.97 Å². The van der Waals surface area contributed by atoms with Gasteiger partial charge in [-0.05, 0) is 30.2 Å². The van der Waals surface area contributed by atoms with E-state index < -0.39 is 0 Å². The first kappa shape index (κ1) is 15.3. The highest BCUT2D eigenvalue weighted by atomic mass is 79.9. The zero-order chi connectivity index (χ0) is 16.7. The highest BCUT2D eigenvalue weighted by Crippen LogP contribution is 2.32. The number of H-pyrrole nitrogens is 1. The second kappa shape index (κ2) is 6.00. The molecule has 0 saturated carbocycles. The molecule has 2 aromatic carbocycles. The zero-order valence-corrected chi connectivity index (χ0v) is 15.2. The molecule has 0 aliphatic rings. The molecule has 0 aliphatic carbocycles. The topological polar surface area (TPSA) is 45.8 Å². The lowest BCUT2D eigenvalue weighted by atomic mass is 10.1. The van der Waals surface area contributed by atoms with Gasteiger partial charge in [0.2, 0.25) is 0 Å². The summed E-state index contributed by atoms with van der Waals surface area (Å²) < 4.78 is 1.01. The number of fused-ring (bicyclic) bond motifs is 1. The molecule has 0 atom stereocenters. The Labute approximate surface area is 151 Å². The molecule has 4 rings (SSSR count). The van der Waals surface area contributed by atoms with E-state index >= 15 is 0 Å². The fraction of sp³-hybridized carbons (Fsp3) is 0.0526. The predicted octanol–water partition coefficient (Wildman–Crippen LogP) is 5.39. The van der Waals surface area contributed by atoms with Gasteiger partial charge >= 0.3 is 0 Å². The van der Waals surface area contributed by atoms with E-state index in [0.717, 1.165) is 31.6 Å². The van der Waals surface area contributed by atoms with Crippen LogP contribution in [0, 0.1) is 6.92 Å². The summed E-state index contributed by atoms with van der Waals surface area (Å²) in [7, 11) is 0. The number of halogens is 1. The van der Waals surface area contributed by atoms with Crippen molar-refractivity contribution in [3.8, 4) is 22.5 Å². The molecule has 0 bridgehead atoms. The maximum atomic E-state index is 12.7. The third-order valence-electron chi connectivity index (χ3n) is 4.00. The Morgan fingerprint density at radius 2 is 1.79 bits per heavy atom. The van der Waals surface area contributed by atoms with Crippen molar-refractivity contribution >= 4 is 37.5 Å². The van der Waals surface area contributed by atoms with Gasteiger partial charge in [-0.25, -0.2) is 4.98 Å². The second-order valence-corrected chi connectivity index (χ2v) is 7.34. The fourth-order valence-corrected chi connectivity index (χ4v) is 3.97. The molecular formula is C19H13BrN2OS. The van der Waals surface area contributed by atoms with Crippen molar-refractivity contribution in [2.75, 3.05) is 0 Å². The molecule has 118 valence electrons. The smallest absolute Gasteiger partial charge is 0.260 e. The van der Waals surface area contributed by atoms with Crippen LogP contribution in [0.1, 0.15) is 5.56 Å². The van der Waals surface area contributed by atoms with E-state index in [2.05, 4.69) is 25.9 Å². The van der Waals surface area contributed by atoms with Gasteiger partial charge in [0.05, 0.1) is 5.39 Å².